The van der Waals surface area contributed by atoms with Crippen LogP contribution >= 0.6 is 11.6 Å². The van der Waals surface area contributed by atoms with Gasteiger partial charge in [0.15, 0.2) is 0 Å². The van der Waals surface area contributed by atoms with Crippen molar-refractivity contribution in [2.45, 2.75) is 4.90 Å². The second kappa shape index (κ2) is 5.87. The first-order valence-electron chi connectivity index (χ1n) is 5.94. The summed E-state index contributed by atoms with van der Waals surface area (Å²) < 4.78 is 39.5. The molecule has 0 unspecified atom stereocenters. The Morgan fingerprint density at radius 1 is 1.33 bits per heavy atom. The first-order chi connectivity index (χ1) is 9.87. The highest BCUT2D eigenvalue weighted by Gasteiger charge is 2.24. The molecule has 0 aliphatic heterocycles. The summed E-state index contributed by atoms with van der Waals surface area (Å²) >= 11 is 5.94. The number of pyridine rings is 1. The van der Waals surface area contributed by atoms with Crippen LogP contribution in [-0.2, 0) is 10.0 Å². The molecule has 0 radical (unpaired) electrons. The molecule has 0 aliphatic carbocycles. The third-order valence-electron chi connectivity index (χ3n) is 2.90. The van der Waals surface area contributed by atoms with Crippen molar-refractivity contribution in [3.8, 4) is 0 Å². The predicted octanol–water partition coefficient (Wildman–Crippen LogP) is 2.74. The molecule has 0 atom stereocenters. The molecule has 1 heterocycles. The molecule has 0 amide bonds. The monoisotopic (exact) mass is 329 g/mol. The van der Waals surface area contributed by atoms with E-state index in [1.54, 1.807) is 13.1 Å². The minimum atomic E-state index is -3.94. The Bertz CT molecular complexity index is 768. The number of sulfonamides is 1. The number of benzene rings is 1. The lowest BCUT2D eigenvalue weighted by molar-refractivity contribution is 0.589. The van der Waals surface area contributed by atoms with Gasteiger partial charge in [0.1, 0.15) is 16.5 Å². The van der Waals surface area contributed by atoms with Crippen LogP contribution in [-0.4, -0.2) is 27.5 Å². The highest BCUT2D eigenvalue weighted by atomic mass is 35.5. The summed E-state index contributed by atoms with van der Waals surface area (Å²) in [5.74, 6) is -0.265. The number of anilines is 2. The largest absolute Gasteiger partial charge is 0.372 e. The van der Waals surface area contributed by atoms with Gasteiger partial charge in [-0.15, -0.1) is 0 Å². The molecule has 1 N–H and O–H groups in total. The Labute approximate surface area is 127 Å². The number of para-hydroxylation sites is 1. The Morgan fingerprint density at radius 3 is 2.57 bits per heavy atom. The highest BCUT2D eigenvalue weighted by molar-refractivity contribution is 7.92. The standard InChI is InChI=1S/C13H13ClFN3O2S/c1-16-13-10(14)7-9(8-17-13)21(19,20)18(2)12-6-4-3-5-11(12)15/h3-8H,1-2H3,(H,16,17). The van der Waals surface area contributed by atoms with E-state index in [0.717, 1.165) is 4.31 Å². The molecule has 0 spiro atoms. The maximum atomic E-state index is 13.7. The summed E-state index contributed by atoms with van der Waals surface area (Å²) in [6.07, 6.45) is 1.17. The Balaban J connectivity index is 2.47. The Kier molecular flexibility index (Phi) is 4.34. The second-order valence-corrected chi connectivity index (χ2v) is 6.55. The van der Waals surface area contributed by atoms with Crippen LogP contribution < -0.4 is 9.62 Å². The lowest BCUT2D eigenvalue weighted by Gasteiger charge is -2.20. The average molecular weight is 330 g/mol. The van der Waals surface area contributed by atoms with E-state index in [9.17, 15) is 12.8 Å². The zero-order chi connectivity index (χ0) is 15.6. The third-order valence-corrected chi connectivity index (χ3v) is 4.93. The zero-order valence-electron chi connectivity index (χ0n) is 11.3. The fraction of sp³-hybridized carbons (Fsp3) is 0.154. The molecule has 8 heteroatoms. The minimum absolute atomic E-state index is 0.0497. The second-order valence-electron chi connectivity index (χ2n) is 4.18. The summed E-state index contributed by atoms with van der Waals surface area (Å²) in [6, 6.07) is 6.88. The van der Waals surface area contributed by atoms with Crippen LogP contribution in [0.3, 0.4) is 0 Å². The van der Waals surface area contributed by atoms with Gasteiger partial charge < -0.3 is 5.32 Å². The number of hydrogen-bond acceptors (Lipinski definition) is 4. The van der Waals surface area contributed by atoms with E-state index in [1.807, 2.05) is 0 Å². The van der Waals surface area contributed by atoms with Gasteiger partial charge in [-0.3, -0.25) is 4.31 Å². The van der Waals surface area contributed by atoms with Crippen molar-refractivity contribution < 1.29 is 12.8 Å². The lowest BCUT2D eigenvalue weighted by atomic mass is 10.3. The van der Waals surface area contributed by atoms with Crippen LogP contribution in [0, 0.1) is 5.82 Å². The number of nitrogens with one attached hydrogen (secondary N) is 1. The Morgan fingerprint density at radius 2 is 2.00 bits per heavy atom. The third kappa shape index (κ3) is 2.93. The van der Waals surface area contributed by atoms with Crippen LogP contribution in [0.1, 0.15) is 0 Å². The van der Waals surface area contributed by atoms with E-state index in [4.69, 9.17) is 11.6 Å². The van der Waals surface area contributed by atoms with E-state index in [1.165, 1.54) is 37.5 Å². The van der Waals surface area contributed by atoms with Crippen molar-refractivity contribution in [1.29, 1.82) is 0 Å². The minimum Gasteiger partial charge on any atom is -0.372 e. The van der Waals surface area contributed by atoms with Crippen molar-refractivity contribution in [2.24, 2.45) is 0 Å². The summed E-state index contributed by atoms with van der Waals surface area (Å²) in [5, 5.41) is 2.90. The molecule has 0 saturated carbocycles. The number of halogens is 2. The van der Waals surface area contributed by atoms with Crippen molar-refractivity contribution in [3.63, 3.8) is 0 Å². The molecule has 2 aromatic rings. The SMILES string of the molecule is CNc1ncc(S(=O)(=O)N(C)c2ccccc2F)cc1Cl. The molecular formula is C13H13ClFN3O2S. The molecule has 1 aromatic heterocycles. The predicted molar refractivity (Wildman–Crippen MR) is 80.8 cm³/mol. The van der Waals surface area contributed by atoms with Gasteiger partial charge in [-0.2, -0.15) is 0 Å². The van der Waals surface area contributed by atoms with Crippen molar-refractivity contribution >= 4 is 33.1 Å². The summed E-state index contributed by atoms with van der Waals surface area (Å²) in [6.45, 7) is 0. The topological polar surface area (TPSA) is 62.3 Å². The van der Waals surface area contributed by atoms with E-state index in [-0.39, 0.29) is 15.6 Å². The van der Waals surface area contributed by atoms with E-state index >= 15 is 0 Å². The maximum Gasteiger partial charge on any atom is 0.265 e. The normalized spacial score (nSPS) is 11.2. The molecule has 0 bridgehead atoms. The van der Waals surface area contributed by atoms with E-state index in [0.29, 0.717) is 5.82 Å². The van der Waals surface area contributed by atoms with Gasteiger partial charge in [0.25, 0.3) is 10.0 Å². The van der Waals surface area contributed by atoms with Gasteiger partial charge >= 0.3 is 0 Å². The van der Waals surface area contributed by atoms with Gasteiger partial charge in [-0.1, -0.05) is 23.7 Å². The lowest BCUT2D eigenvalue weighted by Crippen LogP contribution is -2.27. The number of rotatable bonds is 4. The first kappa shape index (κ1) is 15.5. The Hall–Kier alpha value is -1.86. The maximum absolute atomic E-state index is 13.7. The average Bonchev–Trinajstić information content (AvgIpc) is 2.47. The summed E-state index contributed by atoms with van der Waals surface area (Å²) in [4.78, 5) is 3.81. The number of aromatic nitrogens is 1. The van der Waals surface area contributed by atoms with Crippen LogP contribution in [0.2, 0.25) is 5.02 Å². The molecule has 0 fully saturated rings. The van der Waals surface area contributed by atoms with Gasteiger partial charge in [-0.05, 0) is 18.2 Å². The van der Waals surface area contributed by atoms with Crippen LogP contribution in [0.25, 0.3) is 0 Å². The van der Waals surface area contributed by atoms with Gasteiger partial charge in [0.05, 0.1) is 10.7 Å². The molecular weight excluding hydrogens is 317 g/mol. The van der Waals surface area contributed by atoms with Gasteiger partial charge in [-0.25, -0.2) is 17.8 Å². The van der Waals surface area contributed by atoms with E-state index in [2.05, 4.69) is 10.3 Å². The van der Waals surface area contributed by atoms with Crippen LogP contribution in [0.5, 0.6) is 0 Å². The smallest absolute Gasteiger partial charge is 0.265 e. The fourth-order valence-corrected chi connectivity index (χ4v) is 3.24. The van der Waals surface area contributed by atoms with Crippen molar-refractivity contribution in [3.05, 3.63) is 47.4 Å². The molecule has 112 valence electrons. The van der Waals surface area contributed by atoms with Gasteiger partial charge in [0.2, 0.25) is 0 Å². The quantitative estimate of drug-likeness (QED) is 0.937. The molecule has 1 aromatic carbocycles. The van der Waals surface area contributed by atoms with Crippen LogP contribution in [0.4, 0.5) is 15.9 Å². The molecule has 0 aliphatic rings. The molecule has 5 nitrogen and oxygen atoms in total. The fourth-order valence-electron chi connectivity index (χ4n) is 1.74. The van der Waals surface area contributed by atoms with E-state index < -0.39 is 15.8 Å². The molecule has 0 saturated heterocycles. The number of hydrogen-bond donors (Lipinski definition) is 1. The first-order valence-corrected chi connectivity index (χ1v) is 7.76. The number of nitrogens with zero attached hydrogens (tertiary/aromatic N) is 2. The molecule has 2 rings (SSSR count). The molecule has 21 heavy (non-hydrogen) atoms. The zero-order valence-corrected chi connectivity index (χ0v) is 12.9. The summed E-state index contributed by atoms with van der Waals surface area (Å²) in [5.41, 5.74) is -0.0497. The van der Waals surface area contributed by atoms with Crippen molar-refractivity contribution in [1.82, 2.24) is 4.98 Å². The van der Waals surface area contributed by atoms with Gasteiger partial charge in [0, 0.05) is 20.3 Å². The highest BCUT2D eigenvalue weighted by Crippen LogP contribution is 2.27. The van der Waals surface area contributed by atoms with Crippen molar-refractivity contribution in [2.75, 3.05) is 23.7 Å². The summed E-state index contributed by atoms with van der Waals surface area (Å²) in [7, 11) is -1.05. The van der Waals surface area contributed by atoms with Crippen LogP contribution in [0.15, 0.2) is 41.4 Å².